The fourth-order valence-corrected chi connectivity index (χ4v) is 4.55. The van der Waals surface area contributed by atoms with Gasteiger partial charge in [-0.15, -0.1) is 11.3 Å². The van der Waals surface area contributed by atoms with E-state index in [2.05, 4.69) is 5.32 Å². The summed E-state index contributed by atoms with van der Waals surface area (Å²) in [6.45, 7) is 3.07. The van der Waals surface area contributed by atoms with E-state index in [1.165, 1.54) is 4.88 Å². The first-order valence-electron chi connectivity index (χ1n) is 9.30. The third-order valence-corrected chi connectivity index (χ3v) is 5.97. The molecule has 0 spiro atoms. The molecule has 6 heteroatoms. The minimum atomic E-state index is -0.0375. The molecule has 0 saturated carbocycles. The average molecular weight is 387 g/mol. The number of nitrogens with zero attached hydrogens (tertiary/aromatic N) is 1. The second-order valence-electron chi connectivity index (χ2n) is 7.00. The van der Waals surface area contributed by atoms with Crippen LogP contribution >= 0.6 is 11.3 Å². The van der Waals surface area contributed by atoms with Crippen molar-refractivity contribution in [1.82, 2.24) is 10.2 Å². The van der Waals surface area contributed by atoms with Gasteiger partial charge in [0.15, 0.2) is 0 Å². The lowest BCUT2D eigenvalue weighted by molar-refractivity contribution is -0.125. The number of amides is 2. The van der Waals surface area contributed by atoms with E-state index < -0.39 is 0 Å². The van der Waals surface area contributed by atoms with Crippen LogP contribution in [0.3, 0.4) is 0 Å². The Morgan fingerprint density at radius 1 is 1.30 bits per heavy atom. The van der Waals surface area contributed by atoms with Gasteiger partial charge in [0.05, 0.1) is 11.5 Å². The van der Waals surface area contributed by atoms with Crippen LogP contribution in [0.1, 0.15) is 39.0 Å². The van der Waals surface area contributed by atoms with E-state index in [-0.39, 0.29) is 17.7 Å². The lowest BCUT2D eigenvalue weighted by Gasteiger charge is -2.21. The molecule has 1 N–H and O–H groups in total. The number of ether oxygens (including phenoxy) is 1. The molecule has 1 aliphatic rings. The molecule has 0 unspecified atom stereocenters. The maximum atomic E-state index is 12.6. The second-order valence-corrected chi connectivity index (χ2v) is 8.13. The molecule has 0 radical (unpaired) electrons. The van der Waals surface area contributed by atoms with E-state index in [4.69, 9.17) is 4.74 Å². The predicted octanol–water partition coefficient (Wildman–Crippen LogP) is 3.27. The normalized spacial score (nSPS) is 15.7. The Morgan fingerprint density at radius 2 is 2.11 bits per heavy atom. The van der Waals surface area contributed by atoms with Gasteiger partial charge < -0.3 is 15.0 Å². The van der Waals surface area contributed by atoms with Gasteiger partial charge in [-0.05, 0) is 55.5 Å². The highest BCUT2D eigenvalue weighted by Gasteiger charge is 2.27. The van der Waals surface area contributed by atoms with Gasteiger partial charge in [0.2, 0.25) is 5.91 Å². The van der Waals surface area contributed by atoms with Crippen molar-refractivity contribution in [1.29, 1.82) is 0 Å². The van der Waals surface area contributed by atoms with Crippen LogP contribution in [0.5, 0.6) is 5.75 Å². The molecule has 2 amide bonds. The molecule has 0 fully saturated rings. The molecule has 1 atom stereocenters. The minimum Gasteiger partial charge on any atom is -0.494 e. The minimum absolute atomic E-state index is 0.0320. The summed E-state index contributed by atoms with van der Waals surface area (Å²) in [5.41, 5.74) is 2.18. The predicted molar refractivity (Wildman–Crippen MR) is 107 cm³/mol. The maximum Gasteiger partial charge on any atom is 0.263 e. The van der Waals surface area contributed by atoms with Crippen LogP contribution in [0.25, 0.3) is 0 Å². The van der Waals surface area contributed by atoms with Gasteiger partial charge >= 0.3 is 0 Å². The van der Waals surface area contributed by atoms with Crippen LogP contribution in [-0.2, 0) is 24.2 Å². The molecule has 1 heterocycles. The van der Waals surface area contributed by atoms with Gasteiger partial charge in [-0.1, -0.05) is 12.1 Å². The molecule has 144 valence electrons. The van der Waals surface area contributed by atoms with Crippen LogP contribution in [0.15, 0.2) is 30.3 Å². The van der Waals surface area contributed by atoms with Gasteiger partial charge in [0, 0.05) is 31.4 Å². The van der Waals surface area contributed by atoms with Crippen LogP contribution < -0.4 is 10.1 Å². The molecule has 27 heavy (non-hydrogen) atoms. The van der Waals surface area contributed by atoms with E-state index in [0.717, 1.165) is 34.6 Å². The second kappa shape index (κ2) is 8.57. The summed E-state index contributed by atoms with van der Waals surface area (Å²) in [5.74, 6) is 0.895. The van der Waals surface area contributed by atoms with Crippen molar-refractivity contribution < 1.29 is 14.3 Å². The quantitative estimate of drug-likeness (QED) is 0.829. The molecule has 1 aliphatic carbocycles. The number of hydrogen-bond acceptors (Lipinski definition) is 4. The van der Waals surface area contributed by atoms with E-state index >= 15 is 0 Å². The number of carbonyl (C=O) groups is 2. The Bertz CT molecular complexity index is 829. The zero-order valence-electron chi connectivity index (χ0n) is 16.1. The van der Waals surface area contributed by atoms with Crippen molar-refractivity contribution in [3.05, 3.63) is 51.2 Å². The Morgan fingerprint density at radius 3 is 2.85 bits per heavy atom. The number of fused-ring (bicyclic) bond motifs is 1. The zero-order valence-corrected chi connectivity index (χ0v) is 16.9. The maximum absolute atomic E-state index is 12.6. The largest absolute Gasteiger partial charge is 0.494 e. The summed E-state index contributed by atoms with van der Waals surface area (Å²) in [6, 6.07) is 9.77. The molecule has 2 aromatic rings. The summed E-state index contributed by atoms with van der Waals surface area (Å²) in [7, 11) is 3.52. The van der Waals surface area contributed by atoms with Crippen LogP contribution in [0, 0.1) is 5.92 Å². The smallest absolute Gasteiger partial charge is 0.263 e. The number of benzene rings is 1. The Kier molecular flexibility index (Phi) is 6.16. The van der Waals surface area contributed by atoms with Crippen molar-refractivity contribution in [2.45, 2.75) is 32.7 Å². The van der Waals surface area contributed by atoms with Crippen molar-refractivity contribution in [2.24, 2.45) is 5.92 Å². The van der Waals surface area contributed by atoms with Crippen molar-refractivity contribution in [3.8, 4) is 5.75 Å². The Labute approximate surface area is 164 Å². The van der Waals surface area contributed by atoms with Gasteiger partial charge in [-0.3, -0.25) is 9.59 Å². The fraction of sp³-hybridized carbons (Fsp3) is 0.429. The first kappa shape index (κ1) is 19.4. The highest BCUT2D eigenvalue weighted by atomic mass is 32.1. The van der Waals surface area contributed by atoms with Crippen molar-refractivity contribution in [2.75, 3.05) is 20.7 Å². The summed E-state index contributed by atoms with van der Waals surface area (Å²) in [5, 5.41) is 3.05. The molecule has 0 bridgehead atoms. The third kappa shape index (κ3) is 4.69. The van der Waals surface area contributed by atoms with Crippen LogP contribution in [-0.4, -0.2) is 37.4 Å². The van der Waals surface area contributed by atoms with E-state index in [1.807, 2.05) is 37.3 Å². The molecule has 0 saturated heterocycles. The zero-order chi connectivity index (χ0) is 19.4. The summed E-state index contributed by atoms with van der Waals surface area (Å²) in [6.07, 6.45) is 2.39. The molecule has 1 aromatic heterocycles. The number of hydrogen-bond donors (Lipinski definition) is 1. The molecule has 3 rings (SSSR count). The summed E-state index contributed by atoms with van der Waals surface area (Å²) in [4.78, 5) is 28.4. The Hall–Kier alpha value is -2.34. The van der Waals surface area contributed by atoms with Crippen molar-refractivity contribution >= 4 is 23.2 Å². The topological polar surface area (TPSA) is 58.6 Å². The summed E-state index contributed by atoms with van der Waals surface area (Å²) < 4.78 is 5.50. The molecule has 5 nitrogen and oxygen atoms in total. The number of carbonyl (C=O) groups excluding carboxylic acids is 2. The third-order valence-electron chi connectivity index (χ3n) is 4.75. The van der Waals surface area contributed by atoms with E-state index in [9.17, 15) is 9.59 Å². The first-order valence-corrected chi connectivity index (χ1v) is 10.1. The fourth-order valence-electron chi connectivity index (χ4n) is 3.32. The first-order chi connectivity index (χ1) is 13.0. The molecular weight excluding hydrogens is 360 g/mol. The van der Waals surface area contributed by atoms with Crippen LogP contribution in [0.4, 0.5) is 0 Å². The molecule has 0 aliphatic heterocycles. The number of nitrogens with one attached hydrogen (secondary N) is 1. The molecule has 1 aromatic carbocycles. The number of thiophene rings is 1. The van der Waals surface area contributed by atoms with Gasteiger partial charge in [0.1, 0.15) is 5.75 Å². The average Bonchev–Trinajstić information content (AvgIpc) is 3.09. The molecular formula is C21H26N2O3S. The summed E-state index contributed by atoms with van der Waals surface area (Å²) >= 11 is 1.57. The number of aryl methyl sites for hydroxylation is 1. The number of rotatable bonds is 6. The van der Waals surface area contributed by atoms with Gasteiger partial charge in [-0.2, -0.15) is 0 Å². The Balaban J connectivity index is 1.59. The highest BCUT2D eigenvalue weighted by Crippen LogP contribution is 2.33. The van der Waals surface area contributed by atoms with E-state index in [0.29, 0.717) is 19.6 Å². The van der Waals surface area contributed by atoms with Crippen molar-refractivity contribution in [3.63, 3.8) is 0 Å². The SMILES string of the molecule is CCOc1cccc(CNC(=O)[C@@H]2CCc3sc(C(=O)N(C)C)cc3C2)c1. The standard InChI is InChI=1S/C21H26N2O3S/c1-4-26-17-7-5-6-14(10-17)13-22-20(24)15-8-9-18-16(11-15)12-19(27-18)21(25)23(2)3/h5-7,10,12,15H,4,8-9,11,13H2,1-3H3,(H,22,24)/t15-/m1/s1. The van der Waals surface area contributed by atoms with Gasteiger partial charge in [0.25, 0.3) is 5.91 Å². The monoisotopic (exact) mass is 386 g/mol. The lowest BCUT2D eigenvalue weighted by atomic mass is 9.87. The van der Waals surface area contributed by atoms with E-state index in [1.54, 1.807) is 30.3 Å². The highest BCUT2D eigenvalue weighted by molar-refractivity contribution is 7.14. The van der Waals surface area contributed by atoms with Gasteiger partial charge in [-0.25, -0.2) is 0 Å². The lowest BCUT2D eigenvalue weighted by Crippen LogP contribution is -2.33. The van der Waals surface area contributed by atoms with Crippen LogP contribution in [0.2, 0.25) is 0 Å².